The number of hydrogen-bond acceptors (Lipinski definition) is 6. The lowest BCUT2D eigenvalue weighted by Gasteiger charge is -2.35. The summed E-state index contributed by atoms with van der Waals surface area (Å²) >= 11 is 0. The average Bonchev–Trinajstić information content (AvgIpc) is 3.15. The second-order valence-electron chi connectivity index (χ2n) is 7.02. The van der Waals surface area contributed by atoms with Gasteiger partial charge in [-0.15, -0.1) is 0 Å². The average molecular weight is 357 g/mol. The van der Waals surface area contributed by atoms with Crippen molar-refractivity contribution in [3.8, 4) is 0 Å². The highest BCUT2D eigenvalue weighted by Gasteiger charge is 2.24. The van der Waals surface area contributed by atoms with E-state index in [2.05, 4.69) is 34.0 Å². The summed E-state index contributed by atoms with van der Waals surface area (Å²) in [6.45, 7) is 10.0. The van der Waals surface area contributed by atoms with E-state index in [0.717, 1.165) is 43.5 Å². The van der Waals surface area contributed by atoms with Crippen molar-refractivity contribution in [3.63, 3.8) is 0 Å². The smallest absolute Gasteiger partial charge is 0.289 e. The topological polar surface area (TPSA) is 74.5 Å². The number of rotatable bonds is 6. The van der Waals surface area contributed by atoms with Gasteiger partial charge in [-0.2, -0.15) is 0 Å². The zero-order valence-electron chi connectivity index (χ0n) is 15.7. The Morgan fingerprint density at radius 3 is 2.69 bits per heavy atom. The molecular weight excluding hydrogens is 330 g/mol. The van der Waals surface area contributed by atoms with E-state index in [4.69, 9.17) is 4.42 Å². The minimum Gasteiger partial charge on any atom is -0.459 e. The maximum atomic E-state index is 12.4. The molecule has 1 N–H and O–H groups in total. The normalized spacial score (nSPS) is 14.8. The molecule has 0 unspecified atom stereocenters. The molecule has 140 valence electrons. The Morgan fingerprint density at radius 2 is 2.04 bits per heavy atom. The number of aromatic nitrogens is 2. The molecule has 1 aliphatic heterocycles. The van der Waals surface area contributed by atoms with Crippen LogP contribution in [0, 0.1) is 12.8 Å². The predicted octanol–water partition coefficient (Wildman–Crippen LogP) is 2.80. The Labute approximate surface area is 154 Å². The second kappa shape index (κ2) is 8.21. The van der Waals surface area contributed by atoms with Crippen LogP contribution < -0.4 is 10.2 Å². The lowest BCUT2D eigenvalue weighted by atomic mass is 10.1. The van der Waals surface area contributed by atoms with E-state index >= 15 is 0 Å². The highest BCUT2D eigenvalue weighted by Crippen LogP contribution is 2.19. The number of carbonyl (C=O) groups excluding carboxylic acids is 1. The number of carbonyl (C=O) groups is 1. The summed E-state index contributed by atoms with van der Waals surface area (Å²) in [7, 11) is 0. The van der Waals surface area contributed by atoms with Gasteiger partial charge in [0.25, 0.3) is 5.91 Å². The van der Waals surface area contributed by atoms with Crippen LogP contribution in [0.25, 0.3) is 0 Å². The predicted molar refractivity (Wildman–Crippen MR) is 102 cm³/mol. The van der Waals surface area contributed by atoms with Gasteiger partial charge in [0.05, 0.1) is 6.26 Å². The number of anilines is 2. The van der Waals surface area contributed by atoms with Crippen molar-refractivity contribution in [2.75, 3.05) is 42.9 Å². The first kappa shape index (κ1) is 18.2. The van der Waals surface area contributed by atoms with Crippen LogP contribution >= 0.6 is 0 Å². The SMILES string of the molecule is Cc1nc(NCCC(C)C)cc(N2CCN(C(=O)c3ccco3)CC2)n1. The summed E-state index contributed by atoms with van der Waals surface area (Å²) in [5.41, 5.74) is 0. The highest BCUT2D eigenvalue weighted by molar-refractivity contribution is 5.91. The first-order valence-electron chi connectivity index (χ1n) is 9.20. The minimum atomic E-state index is -0.0513. The second-order valence-corrected chi connectivity index (χ2v) is 7.02. The highest BCUT2D eigenvalue weighted by atomic mass is 16.3. The molecule has 0 atom stereocenters. The van der Waals surface area contributed by atoms with Crippen molar-refractivity contribution in [2.45, 2.75) is 27.2 Å². The fourth-order valence-corrected chi connectivity index (χ4v) is 2.99. The van der Waals surface area contributed by atoms with Crippen LogP contribution in [0.3, 0.4) is 0 Å². The van der Waals surface area contributed by atoms with Gasteiger partial charge in [0.1, 0.15) is 17.5 Å². The standard InChI is InChI=1S/C19H27N5O2/c1-14(2)6-7-20-17-13-18(22-15(3)21-17)23-8-10-24(11-9-23)19(25)16-5-4-12-26-16/h4-5,12-14H,6-11H2,1-3H3,(H,20,21,22). The molecule has 7 heteroatoms. The lowest BCUT2D eigenvalue weighted by molar-refractivity contribution is 0.0714. The molecule has 1 fully saturated rings. The van der Waals surface area contributed by atoms with E-state index in [1.165, 1.54) is 6.26 Å². The fourth-order valence-electron chi connectivity index (χ4n) is 2.99. The molecule has 0 aromatic carbocycles. The maximum Gasteiger partial charge on any atom is 0.289 e. The molecule has 3 heterocycles. The van der Waals surface area contributed by atoms with E-state index in [1.54, 1.807) is 12.1 Å². The van der Waals surface area contributed by atoms with Gasteiger partial charge in [0.2, 0.25) is 0 Å². The van der Waals surface area contributed by atoms with Crippen LogP contribution in [0.1, 0.15) is 36.6 Å². The maximum absolute atomic E-state index is 12.4. The van der Waals surface area contributed by atoms with Crippen LogP contribution in [-0.4, -0.2) is 53.5 Å². The van der Waals surface area contributed by atoms with E-state index in [-0.39, 0.29) is 5.91 Å². The quantitative estimate of drug-likeness (QED) is 0.857. The van der Waals surface area contributed by atoms with Gasteiger partial charge in [0.15, 0.2) is 5.76 Å². The molecule has 0 spiro atoms. The monoisotopic (exact) mass is 357 g/mol. The van der Waals surface area contributed by atoms with Gasteiger partial charge in [-0.25, -0.2) is 9.97 Å². The Balaban J connectivity index is 1.60. The Hall–Kier alpha value is -2.57. The van der Waals surface area contributed by atoms with Crippen molar-refractivity contribution in [1.29, 1.82) is 0 Å². The third-order valence-corrected chi connectivity index (χ3v) is 4.48. The molecule has 0 saturated carbocycles. The Kier molecular flexibility index (Phi) is 5.75. The number of hydrogen-bond donors (Lipinski definition) is 1. The molecule has 26 heavy (non-hydrogen) atoms. The summed E-state index contributed by atoms with van der Waals surface area (Å²) in [6.07, 6.45) is 2.63. The summed E-state index contributed by atoms with van der Waals surface area (Å²) in [5.74, 6) is 3.53. The number of piperazine rings is 1. The van der Waals surface area contributed by atoms with Gasteiger partial charge in [-0.05, 0) is 31.4 Å². The van der Waals surface area contributed by atoms with E-state index in [1.807, 2.05) is 17.9 Å². The summed E-state index contributed by atoms with van der Waals surface area (Å²) in [5, 5.41) is 3.39. The molecule has 2 aromatic rings. The largest absolute Gasteiger partial charge is 0.459 e. The number of nitrogens with zero attached hydrogens (tertiary/aromatic N) is 4. The van der Waals surface area contributed by atoms with Gasteiger partial charge < -0.3 is 19.5 Å². The molecule has 0 bridgehead atoms. The van der Waals surface area contributed by atoms with Crippen molar-refractivity contribution < 1.29 is 9.21 Å². The minimum absolute atomic E-state index is 0.0513. The molecule has 3 rings (SSSR count). The van der Waals surface area contributed by atoms with Gasteiger partial charge in [-0.1, -0.05) is 13.8 Å². The Morgan fingerprint density at radius 1 is 1.27 bits per heavy atom. The molecule has 1 aliphatic rings. The van der Waals surface area contributed by atoms with Crippen molar-refractivity contribution in [2.24, 2.45) is 5.92 Å². The third-order valence-electron chi connectivity index (χ3n) is 4.48. The van der Waals surface area contributed by atoms with Crippen LogP contribution in [0.5, 0.6) is 0 Å². The first-order valence-corrected chi connectivity index (χ1v) is 9.20. The molecule has 0 aliphatic carbocycles. The van der Waals surface area contributed by atoms with E-state index in [9.17, 15) is 4.79 Å². The summed E-state index contributed by atoms with van der Waals surface area (Å²) < 4.78 is 5.21. The van der Waals surface area contributed by atoms with E-state index < -0.39 is 0 Å². The van der Waals surface area contributed by atoms with E-state index in [0.29, 0.717) is 24.8 Å². The number of nitrogens with one attached hydrogen (secondary N) is 1. The van der Waals surface area contributed by atoms with Gasteiger partial charge >= 0.3 is 0 Å². The first-order chi connectivity index (χ1) is 12.5. The van der Waals surface area contributed by atoms with Crippen LogP contribution in [-0.2, 0) is 0 Å². The molecule has 7 nitrogen and oxygen atoms in total. The van der Waals surface area contributed by atoms with Crippen LogP contribution in [0.2, 0.25) is 0 Å². The summed E-state index contributed by atoms with van der Waals surface area (Å²) in [4.78, 5) is 25.4. The van der Waals surface area contributed by atoms with Crippen molar-refractivity contribution >= 4 is 17.5 Å². The van der Waals surface area contributed by atoms with Crippen molar-refractivity contribution in [3.05, 3.63) is 36.0 Å². The number of amides is 1. The molecule has 1 amide bonds. The number of furan rings is 1. The summed E-state index contributed by atoms with van der Waals surface area (Å²) in [6, 6.07) is 5.44. The van der Waals surface area contributed by atoms with Crippen LogP contribution in [0.4, 0.5) is 11.6 Å². The fraction of sp³-hybridized carbons (Fsp3) is 0.526. The zero-order chi connectivity index (χ0) is 18.5. The van der Waals surface area contributed by atoms with Crippen LogP contribution in [0.15, 0.2) is 28.9 Å². The van der Waals surface area contributed by atoms with Gasteiger partial charge in [-0.3, -0.25) is 4.79 Å². The van der Waals surface area contributed by atoms with Crippen molar-refractivity contribution in [1.82, 2.24) is 14.9 Å². The zero-order valence-corrected chi connectivity index (χ0v) is 15.7. The molecule has 1 saturated heterocycles. The van der Waals surface area contributed by atoms with Gasteiger partial charge in [0, 0.05) is 38.8 Å². The lowest BCUT2D eigenvalue weighted by Crippen LogP contribution is -2.49. The molecular formula is C19H27N5O2. The Bertz CT molecular complexity index is 722. The molecule has 0 radical (unpaired) electrons. The molecule has 2 aromatic heterocycles. The number of aryl methyl sites for hydroxylation is 1. The third kappa shape index (κ3) is 4.53.